The van der Waals surface area contributed by atoms with Crippen LogP contribution in [0.2, 0.25) is 0 Å². The molecule has 0 aliphatic rings. The molecule has 1 heterocycles. The number of alkyl carbamates (subject to hydrolysis) is 1. The van der Waals surface area contributed by atoms with E-state index in [0.717, 1.165) is 18.4 Å². The van der Waals surface area contributed by atoms with Crippen molar-refractivity contribution in [1.29, 1.82) is 0 Å². The van der Waals surface area contributed by atoms with Crippen molar-refractivity contribution in [2.24, 2.45) is 0 Å². The molecule has 0 saturated heterocycles. The molecule has 1 aromatic heterocycles. The van der Waals surface area contributed by atoms with Crippen molar-refractivity contribution in [3.8, 4) is 5.75 Å². The molecule has 0 aliphatic carbocycles. The molecule has 1 aromatic rings. The van der Waals surface area contributed by atoms with Gasteiger partial charge in [-0.3, -0.25) is 10.1 Å². The second-order valence-corrected chi connectivity index (χ2v) is 7.92. The highest BCUT2D eigenvalue weighted by Gasteiger charge is 2.20. The van der Waals surface area contributed by atoms with Gasteiger partial charge >= 0.3 is 11.7 Å². The van der Waals surface area contributed by atoms with E-state index in [9.17, 15) is 19.5 Å². The molecule has 2 N–H and O–H groups in total. The van der Waals surface area contributed by atoms with Gasteiger partial charge in [0.05, 0.1) is 6.61 Å². The van der Waals surface area contributed by atoms with E-state index in [1.807, 2.05) is 13.0 Å². The van der Waals surface area contributed by atoms with E-state index in [2.05, 4.69) is 12.2 Å². The number of carbonyl (C=O) groups excluding carboxylic acids is 2. The number of nitrogens with one attached hydrogen (secondary N) is 1. The number of carbonyl (C=O) groups is 2. The SMILES string of the molecule is CCCCCC/C(C)=C/C=C(\C)C(=O)c1c(O)cc(CCC/C=C/NC(=O)OCC)oc1=O. The summed E-state index contributed by atoms with van der Waals surface area (Å²) in [4.78, 5) is 36.2. The lowest BCUT2D eigenvalue weighted by Crippen LogP contribution is -2.18. The number of ether oxygens (including phenoxy) is 1. The summed E-state index contributed by atoms with van der Waals surface area (Å²) in [6.45, 7) is 7.82. The number of hydrogen-bond donors (Lipinski definition) is 2. The molecule has 0 spiro atoms. The molecule has 0 saturated carbocycles. The minimum Gasteiger partial charge on any atom is -0.507 e. The summed E-state index contributed by atoms with van der Waals surface area (Å²) in [5, 5.41) is 12.8. The standard InChI is InChI=1S/C26H37NO6/c1-5-7-8-10-13-19(3)15-16-20(4)24(29)23-22(28)18-21(33-25(23)30)14-11-9-12-17-27-26(31)32-6-2/h12,15-18,28H,5-11,13-14H2,1-4H3,(H,27,31)/b17-12+,19-15+,20-16+. The molecule has 33 heavy (non-hydrogen) atoms. The number of rotatable bonds is 14. The van der Waals surface area contributed by atoms with Gasteiger partial charge in [0.1, 0.15) is 17.1 Å². The van der Waals surface area contributed by atoms with Crippen molar-refractivity contribution in [3.63, 3.8) is 0 Å². The number of hydrogen-bond acceptors (Lipinski definition) is 6. The van der Waals surface area contributed by atoms with Gasteiger partial charge in [0, 0.05) is 18.7 Å². The zero-order valence-electron chi connectivity index (χ0n) is 20.2. The number of aryl methyl sites for hydroxylation is 1. The third-order valence-corrected chi connectivity index (χ3v) is 5.00. The molecule has 1 amide bonds. The Hall–Kier alpha value is -3.09. The Morgan fingerprint density at radius 2 is 1.88 bits per heavy atom. The average molecular weight is 460 g/mol. The number of ketones is 1. The van der Waals surface area contributed by atoms with Crippen LogP contribution in [0.1, 0.15) is 88.8 Å². The molecule has 0 aromatic carbocycles. The van der Waals surface area contributed by atoms with Crippen LogP contribution in [0.25, 0.3) is 0 Å². The van der Waals surface area contributed by atoms with Crippen molar-refractivity contribution in [2.45, 2.75) is 79.1 Å². The fraction of sp³-hybridized carbons (Fsp3) is 0.500. The molecule has 182 valence electrons. The molecule has 0 aliphatic heterocycles. The average Bonchev–Trinajstić information content (AvgIpc) is 2.77. The first-order chi connectivity index (χ1) is 15.8. The van der Waals surface area contributed by atoms with E-state index in [-0.39, 0.29) is 11.3 Å². The van der Waals surface area contributed by atoms with Crippen LogP contribution in [0.15, 0.2) is 50.9 Å². The van der Waals surface area contributed by atoms with E-state index in [0.29, 0.717) is 37.2 Å². The van der Waals surface area contributed by atoms with Crippen molar-refractivity contribution >= 4 is 11.9 Å². The van der Waals surface area contributed by atoms with Gasteiger partial charge in [0.15, 0.2) is 5.78 Å². The number of allylic oxidation sites excluding steroid dienone is 5. The van der Waals surface area contributed by atoms with Crippen LogP contribution in [0.3, 0.4) is 0 Å². The van der Waals surface area contributed by atoms with Gasteiger partial charge in [-0.05, 0) is 52.0 Å². The molecular weight excluding hydrogens is 422 g/mol. The summed E-state index contributed by atoms with van der Waals surface area (Å²) in [5.41, 5.74) is 0.330. The molecule has 7 nitrogen and oxygen atoms in total. The lowest BCUT2D eigenvalue weighted by Gasteiger charge is -2.05. The maximum absolute atomic E-state index is 12.7. The van der Waals surface area contributed by atoms with Crippen LogP contribution >= 0.6 is 0 Å². The maximum Gasteiger partial charge on any atom is 0.411 e. The number of amides is 1. The predicted octanol–water partition coefficient (Wildman–Crippen LogP) is 5.97. The molecule has 7 heteroatoms. The molecule has 1 rings (SSSR count). The molecule has 0 fully saturated rings. The Bertz CT molecular complexity index is 923. The maximum atomic E-state index is 12.7. The molecule has 0 bridgehead atoms. The number of aromatic hydroxyl groups is 1. The highest BCUT2D eigenvalue weighted by Crippen LogP contribution is 2.20. The van der Waals surface area contributed by atoms with Gasteiger partial charge < -0.3 is 14.3 Å². The highest BCUT2D eigenvalue weighted by molar-refractivity contribution is 6.09. The van der Waals surface area contributed by atoms with Gasteiger partial charge in [-0.1, -0.05) is 50.0 Å². The number of Topliss-reactive ketones (excluding diaryl/α,β-unsaturated/α-hetero) is 1. The van der Waals surface area contributed by atoms with Gasteiger partial charge in [-0.15, -0.1) is 0 Å². The lowest BCUT2D eigenvalue weighted by molar-refractivity contribution is 0.102. The summed E-state index contributed by atoms with van der Waals surface area (Å²) in [6.07, 6.45) is 13.6. The van der Waals surface area contributed by atoms with Crippen LogP contribution in [0, 0.1) is 0 Å². The first-order valence-electron chi connectivity index (χ1n) is 11.6. The van der Waals surface area contributed by atoms with E-state index < -0.39 is 17.5 Å². The Balaban J connectivity index is 2.68. The third-order valence-electron chi connectivity index (χ3n) is 5.00. The van der Waals surface area contributed by atoms with E-state index >= 15 is 0 Å². The van der Waals surface area contributed by atoms with Gasteiger partial charge in [-0.2, -0.15) is 0 Å². The molecule has 0 atom stereocenters. The largest absolute Gasteiger partial charge is 0.507 e. The minimum atomic E-state index is -0.845. The Kier molecular flexibility index (Phi) is 13.3. The summed E-state index contributed by atoms with van der Waals surface area (Å²) in [6, 6.07) is 1.32. The second kappa shape index (κ2) is 15.7. The number of unbranched alkanes of at least 4 members (excludes halogenated alkanes) is 4. The topological polar surface area (TPSA) is 106 Å². The summed E-state index contributed by atoms with van der Waals surface area (Å²) >= 11 is 0. The molecule has 0 radical (unpaired) electrons. The third kappa shape index (κ3) is 10.9. The van der Waals surface area contributed by atoms with Gasteiger partial charge in [-0.25, -0.2) is 9.59 Å². The quantitative estimate of drug-likeness (QED) is 0.154. The van der Waals surface area contributed by atoms with Crippen molar-refractivity contribution in [3.05, 3.63) is 63.4 Å². The summed E-state index contributed by atoms with van der Waals surface area (Å²) < 4.78 is 9.97. The normalized spacial score (nSPS) is 12.2. The molecular formula is C26H37NO6. The van der Waals surface area contributed by atoms with Crippen LogP contribution in [-0.2, 0) is 11.2 Å². The Labute approximate surface area is 196 Å². The van der Waals surface area contributed by atoms with Crippen LogP contribution in [0.5, 0.6) is 5.75 Å². The Morgan fingerprint density at radius 1 is 1.12 bits per heavy atom. The van der Waals surface area contributed by atoms with Crippen LogP contribution in [0.4, 0.5) is 4.79 Å². The van der Waals surface area contributed by atoms with Crippen LogP contribution < -0.4 is 10.9 Å². The fourth-order valence-corrected chi connectivity index (χ4v) is 3.09. The van der Waals surface area contributed by atoms with Crippen molar-refractivity contribution in [2.75, 3.05) is 6.61 Å². The first kappa shape index (κ1) is 27.9. The van der Waals surface area contributed by atoms with Crippen LogP contribution in [-0.4, -0.2) is 23.6 Å². The second-order valence-electron chi connectivity index (χ2n) is 7.92. The lowest BCUT2D eigenvalue weighted by atomic mass is 10.0. The zero-order chi connectivity index (χ0) is 24.6. The molecule has 0 unspecified atom stereocenters. The summed E-state index contributed by atoms with van der Waals surface area (Å²) in [5.74, 6) is -0.625. The Morgan fingerprint density at radius 3 is 2.55 bits per heavy atom. The van der Waals surface area contributed by atoms with Crippen molar-refractivity contribution in [1.82, 2.24) is 5.32 Å². The smallest absolute Gasteiger partial charge is 0.411 e. The zero-order valence-corrected chi connectivity index (χ0v) is 20.2. The van der Waals surface area contributed by atoms with E-state index in [1.165, 1.54) is 31.5 Å². The fourth-order valence-electron chi connectivity index (χ4n) is 3.09. The van der Waals surface area contributed by atoms with E-state index in [4.69, 9.17) is 9.15 Å². The first-order valence-corrected chi connectivity index (χ1v) is 11.6. The van der Waals surface area contributed by atoms with Gasteiger partial charge in [0.2, 0.25) is 0 Å². The highest BCUT2D eigenvalue weighted by atomic mass is 16.5. The predicted molar refractivity (Wildman–Crippen MR) is 129 cm³/mol. The minimum absolute atomic E-state index is 0.297. The summed E-state index contributed by atoms with van der Waals surface area (Å²) in [7, 11) is 0. The van der Waals surface area contributed by atoms with Crippen molar-refractivity contribution < 1.29 is 23.8 Å². The van der Waals surface area contributed by atoms with Gasteiger partial charge in [0.25, 0.3) is 0 Å². The monoisotopic (exact) mass is 459 g/mol. The van der Waals surface area contributed by atoms with E-state index in [1.54, 1.807) is 26.0 Å².